The number of benzene rings is 1. The molecule has 0 atom stereocenters. The van der Waals surface area contributed by atoms with Gasteiger partial charge in [0.05, 0.1) is 6.61 Å². The van der Waals surface area contributed by atoms with Crippen LogP contribution in [0.4, 0.5) is 0 Å². The van der Waals surface area contributed by atoms with E-state index in [4.69, 9.17) is 9.84 Å². The van der Waals surface area contributed by atoms with Gasteiger partial charge in [0.2, 0.25) is 0 Å². The van der Waals surface area contributed by atoms with Gasteiger partial charge in [-0.3, -0.25) is 4.79 Å². The number of ether oxygens (including phenoxy) is 1. The predicted octanol–water partition coefficient (Wildman–Crippen LogP) is -1.47. The van der Waals surface area contributed by atoms with E-state index in [0.717, 1.165) is 5.75 Å². The summed E-state index contributed by atoms with van der Waals surface area (Å²) < 4.78 is 5.30. The molecule has 5 heteroatoms. The normalized spacial score (nSPS) is 9.07. The number of para-hydroxylation sites is 1. The molecule has 15 heavy (non-hydrogen) atoms. The van der Waals surface area contributed by atoms with E-state index in [1.165, 1.54) is 0 Å². The van der Waals surface area contributed by atoms with Crippen molar-refractivity contribution in [2.24, 2.45) is 0 Å². The van der Waals surface area contributed by atoms with E-state index >= 15 is 0 Å². The van der Waals surface area contributed by atoms with Crippen molar-refractivity contribution in [2.75, 3.05) is 19.7 Å². The third kappa shape index (κ3) is 7.95. The molecule has 4 nitrogen and oxygen atoms in total. The molecule has 0 saturated heterocycles. The van der Waals surface area contributed by atoms with Crippen molar-refractivity contribution in [3.05, 3.63) is 35.6 Å². The maximum atomic E-state index is 10.1. The largest absolute Gasteiger partial charge is 1.00 e. The summed E-state index contributed by atoms with van der Waals surface area (Å²) in [5.74, 6) is -0.136. The summed E-state index contributed by atoms with van der Waals surface area (Å²) in [6, 6.07) is 9.35. The van der Waals surface area contributed by atoms with Crippen LogP contribution in [0, 0.1) is 0 Å². The molecule has 0 aliphatic carbocycles. The zero-order valence-corrected chi connectivity index (χ0v) is 11.8. The number of aliphatic carboxylic acids is 1. The van der Waals surface area contributed by atoms with Crippen LogP contribution in [-0.4, -0.2) is 30.8 Å². The molecule has 0 saturated carbocycles. The van der Waals surface area contributed by atoms with Crippen LogP contribution in [0.25, 0.3) is 5.32 Å². The Kier molecular flexibility index (Phi) is 9.38. The van der Waals surface area contributed by atoms with Gasteiger partial charge >= 0.3 is 51.4 Å². The molecular weight excluding hydrogens is 221 g/mol. The molecule has 76 valence electrons. The van der Waals surface area contributed by atoms with E-state index in [9.17, 15) is 4.79 Å². The molecule has 0 aliphatic heterocycles. The quantitative estimate of drug-likeness (QED) is 0.482. The van der Waals surface area contributed by atoms with Crippen molar-refractivity contribution in [1.29, 1.82) is 0 Å². The summed E-state index contributed by atoms with van der Waals surface area (Å²) in [6.45, 7) is 0.663. The fraction of sp³-hybridized carbons (Fsp3) is 0.300. The van der Waals surface area contributed by atoms with Gasteiger partial charge in [0.25, 0.3) is 5.97 Å². The van der Waals surface area contributed by atoms with Crippen molar-refractivity contribution in [2.45, 2.75) is 0 Å². The smallest absolute Gasteiger partial charge is 0.650 e. The Bertz CT molecular complexity index is 279. The second-order valence-electron chi connectivity index (χ2n) is 2.66. The minimum Gasteiger partial charge on any atom is -0.650 e. The molecule has 1 aromatic rings. The van der Waals surface area contributed by atoms with Crippen LogP contribution in [-0.2, 0) is 4.79 Å². The summed E-state index contributed by atoms with van der Waals surface area (Å²) in [7, 11) is 0. The minimum atomic E-state index is -0.912. The number of hydrogen-bond donors (Lipinski definition) is 1. The summed E-state index contributed by atoms with van der Waals surface area (Å²) in [5, 5.41) is 12.1. The minimum absolute atomic E-state index is 0. The SMILES string of the molecule is O=C(O)C[N-]CCOc1ccccc1.[K+]. The fourth-order valence-corrected chi connectivity index (χ4v) is 0.919. The first-order valence-electron chi connectivity index (χ1n) is 4.32. The van der Waals surface area contributed by atoms with Crippen LogP contribution in [0.5, 0.6) is 5.75 Å². The Morgan fingerprint density at radius 1 is 1.33 bits per heavy atom. The van der Waals surface area contributed by atoms with Crippen molar-refractivity contribution in [3.8, 4) is 5.75 Å². The van der Waals surface area contributed by atoms with E-state index < -0.39 is 5.97 Å². The van der Waals surface area contributed by atoms with E-state index in [0.29, 0.717) is 13.2 Å². The molecule has 0 amide bonds. The summed E-state index contributed by atoms with van der Waals surface area (Å²) in [4.78, 5) is 10.1. The maximum absolute atomic E-state index is 10.1. The van der Waals surface area contributed by atoms with Crippen LogP contribution in [0.3, 0.4) is 0 Å². The third-order valence-corrected chi connectivity index (χ3v) is 1.51. The molecule has 1 N–H and O–H groups in total. The molecule has 0 spiro atoms. The third-order valence-electron chi connectivity index (χ3n) is 1.51. The van der Waals surface area contributed by atoms with Gasteiger partial charge in [-0.2, -0.15) is 0 Å². The predicted molar refractivity (Wildman–Crippen MR) is 52.7 cm³/mol. The zero-order chi connectivity index (χ0) is 10.2. The summed E-state index contributed by atoms with van der Waals surface area (Å²) in [6.07, 6.45) is 0. The molecule has 1 aromatic carbocycles. The maximum Gasteiger partial charge on any atom is 1.00 e. The van der Waals surface area contributed by atoms with Gasteiger partial charge in [0.1, 0.15) is 5.75 Å². The van der Waals surface area contributed by atoms with Gasteiger partial charge in [-0.15, -0.1) is 6.54 Å². The standard InChI is InChI=1S/C10H12NO3.K/c12-10(13)8-11-6-7-14-9-4-2-1-3-5-9;/h1-5H,6-8H2,(H,12,13);/q-1;+1. The molecule has 0 aromatic heterocycles. The Labute approximate surface area is 131 Å². The Hall–Kier alpha value is 0.0864. The first-order chi connectivity index (χ1) is 6.79. The van der Waals surface area contributed by atoms with E-state index in [2.05, 4.69) is 5.32 Å². The number of hydrogen-bond acceptors (Lipinski definition) is 2. The molecule has 1 rings (SSSR count). The number of carbonyl (C=O) groups is 1. The molecule has 0 radical (unpaired) electrons. The van der Waals surface area contributed by atoms with Crippen LogP contribution < -0.4 is 56.1 Å². The van der Waals surface area contributed by atoms with E-state index in [1.807, 2.05) is 30.3 Å². The van der Waals surface area contributed by atoms with Crippen LogP contribution in [0.15, 0.2) is 30.3 Å². The van der Waals surface area contributed by atoms with Crippen molar-refractivity contribution >= 4 is 5.97 Å². The van der Waals surface area contributed by atoms with Crippen LogP contribution in [0.1, 0.15) is 0 Å². The van der Waals surface area contributed by atoms with Crippen LogP contribution in [0.2, 0.25) is 0 Å². The van der Waals surface area contributed by atoms with Gasteiger partial charge in [-0.05, 0) is 18.7 Å². The number of carboxylic acids is 1. The second-order valence-corrected chi connectivity index (χ2v) is 2.66. The van der Waals surface area contributed by atoms with Crippen molar-refractivity contribution in [1.82, 2.24) is 0 Å². The number of nitrogens with zero attached hydrogens (tertiary/aromatic N) is 1. The Morgan fingerprint density at radius 2 is 2.00 bits per heavy atom. The summed E-state index contributed by atoms with van der Waals surface area (Å²) in [5.41, 5.74) is 0. The summed E-state index contributed by atoms with van der Waals surface area (Å²) >= 11 is 0. The van der Waals surface area contributed by atoms with Gasteiger partial charge in [0.15, 0.2) is 0 Å². The molecule has 0 bridgehead atoms. The first kappa shape index (κ1) is 15.1. The van der Waals surface area contributed by atoms with Gasteiger partial charge in [-0.1, -0.05) is 18.2 Å². The van der Waals surface area contributed by atoms with Gasteiger partial charge < -0.3 is 15.2 Å². The monoisotopic (exact) mass is 233 g/mol. The molecule has 0 heterocycles. The topological polar surface area (TPSA) is 60.6 Å². The van der Waals surface area contributed by atoms with E-state index in [-0.39, 0.29) is 57.9 Å². The van der Waals surface area contributed by atoms with Gasteiger partial charge in [0, 0.05) is 0 Å². The zero-order valence-electron chi connectivity index (χ0n) is 8.72. The second kappa shape index (κ2) is 9.32. The van der Waals surface area contributed by atoms with E-state index in [1.54, 1.807) is 0 Å². The van der Waals surface area contributed by atoms with Crippen LogP contribution >= 0.6 is 0 Å². The molecular formula is C10H12KNO3. The van der Waals surface area contributed by atoms with Gasteiger partial charge in [-0.25, -0.2) is 0 Å². The Balaban J connectivity index is 0.00000196. The average molecular weight is 233 g/mol. The molecule has 0 fully saturated rings. The van der Waals surface area contributed by atoms with Crippen molar-refractivity contribution < 1.29 is 66.0 Å². The Morgan fingerprint density at radius 3 is 2.60 bits per heavy atom. The number of rotatable bonds is 6. The molecule has 0 aliphatic rings. The first-order valence-corrected chi connectivity index (χ1v) is 4.32. The molecule has 0 unspecified atom stereocenters. The van der Waals surface area contributed by atoms with Crippen molar-refractivity contribution in [3.63, 3.8) is 0 Å². The fourth-order valence-electron chi connectivity index (χ4n) is 0.919. The number of carboxylic acid groups (broad SMARTS) is 1. The average Bonchev–Trinajstić information content (AvgIpc) is 2.18.